The molecule has 1 saturated heterocycles. The first kappa shape index (κ1) is 13.5. The van der Waals surface area contributed by atoms with E-state index in [4.69, 9.17) is 27.2 Å². The van der Waals surface area contributed by atoms with E-state index >= 15 is 0 Å². The number of pyridine rings is 1. The first-order chi connectivity index (χ1) is 9.52. The van der Waals surface area contributed by atoms with Gasteiger partial charge in [-0.3, -0.25) is 4.57 Å². The van der Waals surface area contributed by atoms with Crippen LogP contribution in [-0.4, -0.2) is 54.8 Å². The first-order valence-electron chi connectivity index (χ1n) is 5.94. The second-order valence-corrected chi connectivity index (χ2v) is 4.99. The van der Waals surface area contributed by atoms with E-state index in [1.807, 2.05) is 0 Å². The fraction of sp³-hybridized carbons (Fsp3) is 0.455. The summed E-state index contributed by atoms with van der Waals surface area (Å²) in [5.74, 6) is 0.205. The van der Waals surface area contributed by atoms with Crippen LogP contribution < -0.4 is 5.73 Å². The number of nitrogens with two attached hydrogens (primary N) is 1. The highest BCUT2D eigenvalue weighted by Gasteiger charge is 2.43. The van der Waals surface area contributed by atoms with Gasteiger partial charge in [0.05, 0.1) is 18.0 Å². The zero-order valence-corrected chi connectivity index (χ0v) is 11.0. The van der Waals surface area contributed by atoms with Crippen LogP contribution in [0.5, 0.6) is 0 Å². The predicted molar refractivity (Wildman–Crippen MR) is 70.0 cm³/mol. The normalized spacial score (nSPS) is 30.2. The summed E-state index contributed by atoms with van der Waals surface area (Å²) in [6, 6.07) is 1.47. The van der Waals surface area contributed by atoms with Gasteiger partial charge in [-0.1, -0.05) is 11.6 Å². The van der Waals surface area contributed by atoms with Crippen LogP contribution in [0.1, 0.15) is 6.23 Å². The van der Waals surface area contributed by atoms with Crippen LogP contribution in [0, 0.1) is 0 Å². The molecule has 0 bridgehead atoms. The first-order valence-corrected chi connectivity index (χ1v) is 6.31. The van der Waals surface area contributed by atoms with Crippen LogP contribution in [-0.2, 0) is 4.74 Å². The van der Waals surface area contributed by atoms with Crippen molar-refractivity contribution in [2.75, 3.05) is 12.3 Å². The van der Waals surface area contributed by atoms with Gasteiger partial charge in [0.2, 0.25) is 0 Å². The number of imidazole rings is 1. The van der Waals surface area contributed by atoms with Gasteiger partial charge in [-0.25, -0.2) is 9.97 Å². The topological polar surface area (TPSA) is 127 Å². The molecule has 108 valence electrons. The number of rotatable bonds is 2. The number of aromatic nitrogens is 3. The Morgan fingerprint density at radius 1 is 1.40 bits per heavy atom. The molecule has 0 saturated carbocycles. The Balaban J connectivity index is 2.07. The molecule has 8 nitrogen and oxygen atoms in total. The summed E-state index contributed by atoms with van der Waals surface area (Å²) in [4.78, 5) is 8.20. The van der Waals surface area contributed by atoms with E-state index < -0.39 is 31.1 Å². The van der Waals surface area contributed by atoms with Crippen LogP contribution in [0.15, 0.2) is 12.4 Å². The third-order valence-corrected chi connectivity index (χ3v) is 3.58. The minimum absolute atomic E-state index is 0.205. The number of aliphatic hydroxyl groups is 3. The number of aliphatic hydroxyl groups excluding tert-OH is 3. The molecule has 3 rings (SSSR count). The molecule has 1 aliphatic heterocycles. The van der Waals surface area contributed by atoms with E-state index in [1.54, 1.807) is 0 Å². The van der Waals surface area contributed by atoms with Crippen molar-refractivity contribution in [1.29, 1.82) is 0 Å². The molecule has 2 aromatic heterocycles. The lowest BCUT2D eigenvalue weighted by Crippen LogP contribution is -2.33. The van der Waals surface area contributed by atoms with Crippen LogP contribution in [0.3, 0.4) is 0 Å². The number of hydrogen-bond acceptors (Lipinski definition) is 7. The fourth-order valence-electron chi connectivity index (χ4n) is 2.28. The minimum Gasteiger partial charge on any atom is -0.394 e. The number of nitrogens with zero attached hydrogens (tertiary/aromatic N) is 3. The van der Waals surface area contributed by atoms with E-state index in [2.05, 4.69) is 9.97 Å². The number of ether oxygens (including phenoxy) is 1. The zero-order chi connectivity index (χ0) is 14.4. The Morgan fingerprint density at radius 3 is 2.80 bits per heavy atom. The van der Waals surface area contributed by atoms with Gasteiger partial charge in [-0.05, 0) is 0 Å². The van der Waals surface area contributed by atoms with Crippen LogP contribution in [0.4, 0.5) is 5.82 Å². The Labute approximate surface area is 118 Å². The number of halogens is 1. The molecule has 0 spiro atoms. The van der Waals surface area contributed by atoms with Gasteiger partial charge >= 0.3 is 0 Å². The van der Waals surface area contributed by atoms with Crippen molar-refractivity contribution in [3.05, 3.63) is 17.4 Å². The Hall–Kier alpha value is -1.45. The molecule has 4 atom stereocenters. The smallest absolute Gasteiger partial charge is 0.165 e. The van der Waals surface area contributed by atoms with Crippen molar-refractivity contribution in [3.63, 3.8) is 0 Å². The average Bonchev–Trinajstić information content (AvgIpc) is 2.93. The number of fused-ring (bicyclic) bond motifs is 1. The maximum Gasteiger partial charge on any atom is 0.165 e. The Morgan fingerprint density at radius 2 is 2.15 bits per heavy atom. The molecule has 9 heteroatoms. The number of nitrogen functional groups attached to an aromatic ring is 1. The van der Waals surface area contributed by atoms with Gasteiger partial charge in [0.1, 0.15) is 29.6 Å². The van der Waals surface area contributed by atoms with E-state index in [-0.39, 0.29) is 5.82 Å². The number of anilines is 1. The van der Waals surface area contributed by atoms with Crippen molar-refractivity contribution in [2.24, 2.45) is 0 Å². The molecule has 0 amide bonds. The van der Waals surface area contributed by atoms with Crippen molar-refractivity contribution < 1.29 is 20.1 Å². The predicted octanol–water partition coefficient (Wildman–Crippen LogP) is -0.722. The Bertz CT molecular complexity index is 649. The summed E-state index contributed by atoms with van der Waals surface area (Å²) in [5.41, 5.74) is 6.39. The number of hydrogen-bond donors (Lipinski definition) is 4. The lowest BCUT2D eigenvalue weighted by molar-refractivity contribution is -0.0511. The quantitative estimate of drug-likeness (QED) is 0.576. The fourth-order valence-corrected chi connectivity index (χ4v) is 2.53. The van der Waals surface area contributed by atoms with E-state index in [0.29, 0.717) is 16.2 Å². The standard InChI is InChI=1S/C11H13ClN4O4/c12-4-1-6(13)15-10-7(4)14-3-16(10)11-9(19)8(18)5(2-17)20-11/h1,3,5,8-9,11,17-19H,2H2,(H2,13,15)/t5-,8+,9-,11-/m0/s1. The molecule has 0 radical (unpaired) electrons. The molecule has 0 aliphatic carbocycles. The third kappa shape index (κ3) is 1.93. The highest BCUT2D eigenvalue weighted by molar-refractivity contribution is 6.35. The van der Waals surface area contributed by atoms with Crippen LogP contribution in [0.2, 0.25) is 5.02 Å². The molecule has 5 N–H and O–H groups in total. The zero-order valence-electron chi connectivity index (χ0n) is 10.2. The maximum atomic E-state index is 10.0. The van der Waals surface area contributed by atoms with Gasteiger partial charge < -0.3 is 25.8 Å². The molecule has 0 aromatic carbocycles. The summed E-state index contributed by atoms with van der Waals surface area (Å²) >= 11 is 6.01. The average molecular weight is 301 g/mol. The lowest BCUT2D eigenvalue weighted by Gasteiger charge is -2.16. The summed E-state index contributed by atoms with van der Waals surface area (Å²) < 4.78 is 6.85. The highest BCUT2D eigenvalue weighted by Crippen LogP contribution is 2.32. The SMILES string of the molecule is Nc1cc(Cl)c2ncn([C@H]3O[C@@H](CO)[C@@H](O)[C@@H]3O)c2n1. The second kappa shape index (κ2) is 4.83. The highest BCUT2D eigenvalue weighted by atomic mass is 35.5. The van der Waals surface area contributed by atoms with E-state index in [0.717, 1.165) is 0 Å². The molecule has 1 aliphatic rings. The molecule has 20 heavy (non-hydrogen) atoms. The van der Waals surface area contributed by atoms with Gasteiger partial charge in [0.15, 0.2) is 11.9 Å². The van der Waals surface area contributed by atoms with Crippen LogP contribution in [0.25, 0.3) is 11.2 Å². The summed E-state index contributed by atoms with van der Waals surface area (Å²) in [6.45, 7) is -0.405. The maximum absolute atomic E-state index is 10.0. The van der Waals surface area contributed by atoms with E-state index in [9.17, 15) is 10.2 Å². The minimum atomic E-state index is -1.22. The second-order valence-electron chi connectivity index (χ2n) is 4.58. The van der Waals surface area contributed by atoms with Crippen LogP contribution >= 0.6 is 11.6 Å². The van der Waals surface area contributed by atoms with E-state index in [1.165, 1.54) is 17.0 Å². The monoisotopic (exact) mass is 300 g/mol. The molecular weight excluding hydrogens is 288 g/mol. The molecular formula is C11H13ClN4O4. The summed E-state index contributed by atoms with van der Waals surface area (Å²) in [6.07, 6.45) is -2.81. The van der Waals surface area contributed by atoms with Crippen molar-refractivity contribution in [3.8, 4) is 0 Å². The summed E-state index contributed by atoms with van der Waals surface area (Å²) in [7, 11) is 0. The lowest BCUT2D eigenvalue weighted by atomic mass is 10.1. The van der Waals surface area contributed by atoms with Crippen molar-refractivity contribution in [1.82, 2.24) is 14.5 Å². The molecule has 2 aromatic rings. The molecule has 1 fully saturated rings. The summed E-state index contributed by atoms with van der Waals surface area (Å²) in [5, 5.41) is 29.2. The molecule has 0 unspecified atom stereocenters. The van der Waals surface area contributed by atoms with Crippen molar-refractivity contribution >= 4 is 28.6 Å². The Kier molecular flexibility index (Phi) is 3.27. The van der Waals surface area contributed by atoms with Gasteiger partial charge in [-0.2, -0.15) is 0 Å². The molecule has 3 heterocycles. The third-order valence-electron chi connectivity index (χ3n) is 3.29. The van der Waals surface area contributed by atoms with Gasteiger partial charge in [0, 0.05) is 6.07 Å². The van der Waals surface area contributed by atoms with Gasteiger partial charge in [0.25, 0.3) is 0 Å². The van der Waals surface area contributed by atoms with Gasteiger partial charge in [-0.15, -0.1) is 0 Å². The van der Waals surface area contributed by atoms with Crippen molar-refractivity contribution in [2.45, 2.75) is 24.5 Å². The largest absolute Gasteiger partial charge is 0.394 e.